The molecule has 1 unspecified atom stereocenters. The maximum atomic E-state index is 12.7. The lowest BCUT2D eigenvalue weighted by atomic mass is 10.2. The van der Waals surface area contributed by atoms with Crippen LogP contribution >= 0.6 is 0 Å². The van der Waals surface area contributed by atoms with Gasteiger partial charge < -0.3 is 5.11 Å². The first-order chi connectivity index (χ1) is 8.68. The van der Waals surface area contributed by atoms with Crippen molar-refractivity contribution < 1.29 is 26.7 Å². The monoisotopic (exact) mass is 297 g/mol. The lowest BCUT2D eigenvalue weighted by Crippen LogP contribution is -2.34. The minimum atomic E-state index is -4.74. The summed E-state index contributed by atoms with van der Waals surface area (Å²) in [6.45, 7) is 1.20. The average Bonchev–Trinajstić information content (AvgIpc) is 2.27. The molecule has 8 heteroatoms. The molecule has 0 bridgehead atoms. The summed E-state index contributed by atoms with van der Waals surface area (Å²) in [7, 11) is -4.28. The third-order valence-corrected chi connectivity index (χ3v) is 4.05. The van der Waals surface area contributed by atoms with Crippen LogP contribution < -0.4 is 4.72 Å². The van der Waals surface area contributed by atoms with Crippen LogP contribution in [0, 0.1) is 0 Å². The van der Waals surface area contributed by atoms with Crippen molar-refractivity contribution in [1.82, 2.24) is 4.72 Å². The quantitative estimate of drug-likeness (QED) is 0.870. The fraction of sp³-hybridized carbons (Fsp3) is 0.455. The fourth-order valence-electron chi connectivity index (χ4n) is 1.52. The third kappa shape index (κ3) is 4.19. The molecule has 0 aliphatic rings. The zero-order valence-electron chi connectivity index (χ0n) is 10.1. The van der Waals surface area contributed by atoms with E-state index >= 15 is 0 Å². The van der Waals surface area contributed by atoms with Crippen LogP contribution in [0.5, 0.6) is 0 Å². The lowest BCUT2D eigenvalue weighted by Gasteiger charge is -2.16. The fourth-order valence-corrected chi connectivity index (χ4v) is 3.02. The van der Waals surface area contributed by atoms with E-state index in [0.29, 0.717) is 6.07 Å². The van der Waals surface area contributed by atoms with E-state index in [0.717, 1.165) is 12.1 Å². The molecule has 0 aromatic heterocycles. The molecule has 108 valence electrons. The minimum Gasteiger partial charge on any atom is -0.396 e. The molecule has 0 radical (unpaired) electrons. The molecular formula is C11H14F3NO3S. The Morgan fingerprint density at radius 3 is 2.42 bits per heavy atom. The third-order valence-electron chi connectivity index (χ3n) is 2.40. The van der Waals surface area contributed by atoms with Gasteiger partial charge in [0.05, 0.1) is 10.5 Å². The second-order valence-electron chi connectivity index (χ2n) is 4.03. The van der Waals surface area contributed by atoms with Crippen molar-refractivity contribution in [2.24, 2.45) is 0 Å². The van der Waals surface area contributed by atoms with Crippen LogP contribution in [0.25, 0.3) is 0 Å². The van der Waals surface area contributed by atoms with Gasteiger partial charge in [-0.05, 0) is 25.5 Å². The van der Waals surface area contributed by atoms with Crippen LogP contribution in [-0.2, 0) is 16.2 Å². The highest BCUT2D eigenvalue weighted by Crippen LogP contribution is 2.33. The molecular weight excluding hydrogens is 283 g/mol. The first kappa shape index (κ1) is 15.9. The summed E-state index contributed by atoms with van der Waals surface area (Å²) in [4.78, 5) is -0.813. The Kier molecular flexibility index (Phi) is 4.94. The van der Waals surface area contributed by atoms with Crippen molar-refractivity contribution in [2.75, 3.05) is 6.61 Å². The van der Waals surface area contributed by atoms with Crippen molar-refractivity contribution in [3.63, 3.8) is 0 Å². The SMILES string of the molecule is CC(CCO)NS(=O)(=O)c1ccccc1C(F)(F)F. The first-order valence-electron chi connectivity index (χ1n) is 5.48. The van der Waals surface area contributed by atoms with Gasteiger partial charge in [0, 0.05) is 12.6 Å². The molecule has 1 aromatic rings. The molecule has 0 saturated heterocycles. The van der Waals surface area contributed by atoms with Crippen molar-refractivity contribution >= 4 is 10.0 Å². The van der Waals surface area contributed by atoms with E-state index in [9.17, 15) is 21.6 Å². The van der Waals surface area contributed by atoms with Crippen molar-refractivity contribution in [2.45, 2.75) is 30.5 Å². The standard InChI is InChI=1S/C11H14F3NO3S/c1-8(6-7-16)15-19(17,18)10-5-3-2-4-9(10)11(12,13)14/h2-5,8,15-16H,6-7H2,1H3. The summed E-state index contributed by atoms with van der Waals surface area (Å²) in [6.07, 6.45) is -4.63. The number of nitrogens with one attached hydrogen (secondary N) is 1. The van der Waals surface area contributed by atoms with Gasteiger partial charge in [0.2, 0.25) is 10.0 Å². The highest BCUT2D eigenvalue weighted by Gasteiger charge is 2.37. The number of alkyl halides is 3. The Morgan fingerprint density at radius 1 is 1.32 bits per heavy atom. The zero-order valence-corrected chi connectivity index (χ0v) is 10.9. The van der Waals surface area contributed by atoms with Gasteiger partial charge in [0.1, 0.15) is 0 Å². The molecule has 4 nitrogen and oxygen atoms in total. The van der Waals surface area contributed by atoms with Gasteiger partial charge in [0.15, 0.2) is 0 Å². The van der Waals surface area contributed by atoms with Crippen molar-refractivity contribution in [3.05, 3.63) is 29.8 Å². The number of halogens is 3. The summed E-state index contributed by atoms with van der Waals surface area (Å²) in [5, 5.41) is 8.67. The molecule has 0 fully saturated rings. The molecule has 2 N–H and O–H groups in total. The van der Waals surface area contributed by atoms with Crippen LogP contribution in [-0.4, -0.2) is 26.2 Å². The number of hydrogen-bond acceptors (Lipinski definition) is 3. The number of aliphatic hydroxyl groups excluding tert-OH is 1. The molecule has 1 aromatic carbocycles. The highest BCUT2D eigenvalue weighted by molar-refractivity contribution is 7.89. The van der Waals surface area contributed by atoms with Gasteiger partial charge in [-0.1, -0.05) is 12.1 Å². The summed E-state index contributed by atoms with van der Waals surface area (Å²) in [5.74, 6) is 0. The normalized spacial score (nSPS) is 14.4. The molecule has 19 heavy (non-hydrogen) atoms. The largest absolute Gasteiger partial charge is 0.417 e. The van der Waals surface area contributed by atoms with Gasteiger partial charge in [0.25, 0.3) is 0 Å². The zero-order chi connectivity index (χ0) is 14.7. The first-order valence-corrected chi connectivity index (χ1v) is 6.96. The van der Waals surface area contributed by atoms with Gasteiger partial charge in [-0.3, -0.25) is 0 Å². The summed E-state index contributed by atoms with van der Waals surface area (Å²) < 4.78 is 64.1. The van der Waals surface area contributed by atoms with E-state index in [-0.39, 0.29) is 13.0 Å². The Morgan fingerprint density at radius 2 is 1.89 bits per heavy atom. The number of benzene rings is 1. The van der Waals surface area contributed by atoms with Crippen molar-refractivity contribution in [1.29, 1.82) is 0 Å². The molecule has 1 rings (SSSR count). The van der Waals surface area contributed by atoms with E-state index in [2.05, 4.69) is 4.72 Å². The Balaban J connectivity index is 3.16. The molecule has 0 amide bonds. The van der Waals surface area contributed by atoms with E-state index in [1.165, 1.54) is 13.0 Å². The van der Waals surface area contributed by atoms with E-state index in [1.807, 2.05) is 0 Å². The van der Waals surface area contributed by atoms with Gasteiger partial charge >= 0.3 is 6.18 Å². The van der Waals surface area contributed by atoms with Crippen molar-refractivity contribution in [3.8, 4) is 0 Å². The Labute approximate surface area is 109 Å². The maximum absolute atomic E-state index is 12.7. The Hall–Kier alpha value is -1.12. The molecule has 0 spiro atoms. The lowest BCUT2D eigenvalue weighted by molar-refractivity contribution is -0.139. The predicted octanol–water partition coefficient (Wildman–Crippen LogP) is 1.75. The minimum absolute atomic E-state index is 0.118. The number of hydrogen-bond donors (Lipinski definition) is 2. The second-order valence-corrected chi connectivity index (χ2v) is 5.71. The van der Waals surface area contributed by atoms with Crippen LogP contribution in [0.1, 0.15) is 18.9 Å². The summed E-state index contributed by atoms with van der Waals surface area (Å²) >= 11 is 0. The van der Waals surface area contributed by atoms with Crippen LogP contribution in [0.15, 0.2) is 29.2 Å². The second kappa shape index (κ2) is 5.89. The van der Waals surface area contributed by atoms with E-state index in [4.69, 9.17) is 5.11 Å². The molecule has 1 atom stereocenters. The Bertz CT molecular complexity index is 528. The van der Waals surface area contributed by atoms with Gasteiger partial charge in [-0.25, -0.2) is 13.1 Å². The predicted molar refractivity (Wildman–Crippen MR) is 62.9 cm³/mol. The van der Waals surface area contributed by atoms with Crippen LogP contribution in [0.4, 0.5) is 13.2 Å². The topological polar surface area (TPSA) is 66.4 Å². The number of aliphatic hydroxyl groups is 1. The molecule has 0 saturated carbocycles. The maximum Gasteiger partial charge on any atom is 0.417 e. The van der Waals surface area contributed by atoms with E-state index in [1.54, 1.807) is 0 Å². The molecule has 0 aliphatic heterocycles. The van der Waals surface area contributed by atoms with E-state index < -0.39 is 32.7 Å². The molecule has 0 heterocycles. The van der Waals surface area contributed by atoms with Gasteiger partial charge in [-0.2, -0.15) is 13.2 Å². The van der Waals surface area contributed by atoms with Gasteiger partial charge in [-0.15, -0.1) is 0 Å². The summed E-state index contributed by atoms with van der Waals surface area (Å²) in [6, 6.07) is 3.30. The van der Waals surface area contributed by atoms with Crippen LogP contribution in [0.2, 0.25) is 0 Å². The summed E-state index contributed by atoms with van der Waals surface area (Å²) in [5.41, 5.74) is -1.21. The van der Waals surface area contributed by atoms with Crippen LogP contribution in [0.3, 0.4) is 0 Å². The molecule has 0 aliphatic carbocycles. The number of rotatable bonds is 5. The average molecular weight is 297 g/mol. The smallest absolute Gasteiger partial charge is 0.396 e. The number of sulfonamides is 1. The highest BCUT2D eigenvalue weighted by atomic mass is 32.2.